The quantitative estimate of drug-likeness (QED) is 0.836. The molecule has 2 aromatic carbocycles. The Kier molecular flexibility index (Phi) is 4.99. The van der Waals surface area contributed by atoms with Crippen molar-refractivity contribution < 1.29 is 9.90 Å². The zero-order chi connectivity index (χ0) is 15.2. The summed E-state index contributed by atoms with van der Waals surface area (Å²) in [5.74, 6) is 5.17. The van der Waals surface area contributed by atoms with Gasteiger partial charge in [-0.15, -0.1) is 0 Å². The minimum Gasteiger partial charge on any atom is -0.384 e. The van der Waals surface area contributed by atoms with E-state index in [1.807, 2.05) is 13.0 Å². The van der Waals surface area contributed by atoms with Gasteiger partial charge in [0.05, 0.1) is 10.7 Å². The number of hydrogen-bond acceptors (Lipinski definition) is 2. The van der Waals surface area contributed by atoms with Crippen LogP contribution in [0, 0.1) is 18.8 Å². The molecule has 0 radical (unpaired) electrons. The van der Waals surface area contributed by atoms with Gasteiger partial charge in [0.2, 0.25) is 0 Å². The average Bonchev–Trinajstić information content (AvgIpc) is 2.48. The van der Waals surface area contributed by atoms with Crippen molar-refractivity contribution in [2.75, 3.05) is 11.9 Å². The van der Waals surface area contributed by atoms with Gasteiger partial charge >= 0.3 is 0 Å². The summed E-state index contributed by atoms with van der Waals surface area (Å²) in [6.07, 6.45) is 0. The zero-order valence-corrected chi connectivity index (χ0v) is 12.2. The number of benzene rings is 2. The number of hydrogen-bond donors (Lipinski definition) is 2. The first-order valence-electron chi connectivity index (χ1n) is 6.38. The first-order valence-corrected chi connectivity index (χ1v) is 6.76. The fourth-order valence-electron chi connectivity index (χ4n) is 1.90. The van der Waals surface area contributed by atoms with Crippen molar-refractivity contribution in [2.24, 2.45) is 0 Å². The molecule has 3 nitrogen and oxygen atoms in total. The highest BCUT2D eigenvalue weighted by molar-refractivity contribution is 6.33. The maximum atomic E-state index is 12.3. The molecule has 0 bridgehead atoms. The monoisotopic (exact) mass is 299 g/mol. The molecule has 0 saturated carbocycles. The van der Waals surface area contributed by atoms with E-state index in [0.29, 0.717) is 16.3 Å². The lowest BCUT2D eigenvalue weighted by Crippen LogP contribution is -2.14. The largest absolute Gasteiger partial charge is 0.384 e. The predicted octanol–water partition coefficient (Wildman–Crippen LogP) is 3.24. The third-order valence-corrected chi connectivity index (χ3v) is 3.33. The minimum atomic E-state index is -0.242. The number of anilines is 1. The topological polar surface area (TPSA) is 49.3 Å². The minimum absolute atomic E-state index is 0.213. The van der Waals surface area contributed by atoms with Crippen molar-refractivity contribution >= 4 is 23.2 Å². The van der Waals surface area contributed by atoms with E-state index in [2.05, 4.69) is 17.2 Å². The van der Waals surface area contributed by atoms with Gasteiger partial charge in [-0.1, -0.05) is 41.6 Å². The van der Waals surface area contributed by atoms with Gasteiger partial charge in [0.25, 0.3) is 5.91 Å². The third-order valence-electron chi connectivity index (χ3n) is 3.00. The number of carbonyl (C=O) groups excluding carboxylic acids is 1. The van der Waals surface area contributed by atoms with E-state index in [4.69, 9.17) is 16.7 Å². The van der Waals surface area contributed by atoms with E-state index >= 15 is 0 Å². The number of nitrogens with one attached hydrogen (secondary N) is 1. The summed E-state index contributed by atoms with van der Waals surface area (Å²) in [4.78, 5) is 12.3. The molecule has 4 heteroatoms. The molecule has 0 aromatic heterocycles. The molecule has 2 rings (SSSR count). The van der Waals surface area contributed by atoms with E-state index in [1.54, 1.807) is 36.4 Å². The van der Waals surface area contributed by atoms with Crippen LogP contribution in [-0.2, 0) is 0 Å². The van der Waals surface area contributed by atoms with Crippen LogP contribution in [0.2, 0.25) is 5.02 Å². The Morgan fingerprint density at radius 2 is 2.00 bits per heavy atom. The average molecular weight is 300 g/mol. The maximum Gasteiger partial charge on any atom is 0.256 e. The molecule has 1 amide bonds. The zero-order valence-electron chi connectivity index (χ0n) is 11.5. The number of carbonyl (C=O) groups is 1. The van der Waals surface area contributed by atoms with Crippen LogP contribution < -0.4 is 5.32 Å². The number of amides is 1. The second kappa shape index (κ2) is 6.94. The van der Waals surface area contributed by atoms with Crippen LogP contribution in [-0.4, -0.2) is 17.6 Å². The highest BCUT2D eigenvalue weighted by atomic mass is 35.5. The van der Waals surface area contributed by atoms with E-state index in [-0.39, 0.29) is 12.5 Å². The molecule has 0 aliphatic heterocycles. The first-order chi connectivity index (χ1) is 10.1. The number of aliphatic hydroxyl groups excluding tert-OH is 1. The van der Waals surface area contributed by atoms with Gasteiger partial charge in [0, 0.05) is 11.1 Å². The van der Waals surface area contributed by atoms with Gasteiger partial charge in [-0.05, 0) is 36.8 Å². The molecule has 0 unspecified atom stereocenters. The van der Waals surface area contributed by atoms with Crippen LogP contribution in [0.15, 0.2) is 42.5 Å². The Morgan fingerprint density at radius 1 is 1.24 bits per heavy atom. The molecule has 0 aliphatic carbocycles. The van der Waals surface area contributed by atoms with Gasteiger partial charge in [0.15, 0.2) is 0 Å². The fourth-order valence-corrected chi connectivity index (χ4v) is 2.09. The molecule has 0 saturated heterocycles. The molecule has 0 fully saturated rings. The normalized spacial score (nSPS) is 9.67. The number of aliphatic hydroxyl groups is 1. The summed E-state index contributed by atoms with van der Waals surface area (Å²) in [6.45, 7) is 1.61. The van der Waals surface area contributed by atoms with Crippen molar-refractivity contribution in [3.8, 4) is 11.8 Å². The number of para-hydroxylation sites is 1. The molecular weight excluding hydrogens is 286 g/mol. The maximum absolute atomic E-state index is 12.3. The molecule has 0 aliphatic rings. The Morgan fingerprint density at radius 3 is 2.71 bits per heavy atom. The van der Waals surface area contributed by atoms with E-state index in [9.17, 15) is 4.79 Å². The predicted molar refractivity (Wildman–Crippen MR) is 84.5 cm³/mol. The van der Waals surface area contributed by atoms with Crippen LogP contribution in [0.5, 0.6) is 0 Å². The molecule has 106 valence electrons. The lowest BCUT2D eigenvalue weighted by atomic mass is 10.0. The van der Waals surface area contributed by atoms with Crippen LogP contribution in [0.25, 0.3) is 0 Å². The lowest BCUT2D eigenvalue weighted by Gasteiger charge is -2.10. The van der Waals surface area contributed by atoms with Crippen LogP contribution in [0.3, 0.4) is 0 Å². The molecule has 0 spiro atoms. The van der Waals surface area contributed by atoms with E-state index < -0.39 is 0 Å². The van der Waals surface area contributed by atoms with Crippen LogP contribution in [0.4, 0.5) is 5.69 Å². The van der Waals surface area contributed by atoms with E-state index in [1.165, 1.54) is 0 Å². The highest BCUT2D eigenvalue weighted by Crippen LogP contribution is 2.22. The summed E-state index contributed by atoms with van der Waals surface area (Å²) in [6, 6.07) is 12.4. The SMILES string of the molecule is Cc1c(C#CCO)cccc1C(=O)Nc1ccccc1Cl. The second-order valence-corrected chi connectivity index (χ2v) is 4.78. The summed E-state index contributed by atoms with van der Waals surface area (Å²) in [5, 5.41) is 12.0. The molecule has 0 atom stereocenters. The van der Waals surface area contributed by atoms with Crippen molar-refractivity contribution in [3.05, 3.63) is 64.2 Å². The summed E-state index contributed by atoms with van der Waals surface area (Å²) in [5.41, 5.74) is 2.58. The van der Waals surface area contributed by atoms with Crippen molar-refractivity contribution in [1.82, 2.24) is 0 Å². The smallest absolute Gasteiger partial charge is 0.256 e. The molecule has 21 heavy (non-hydrogen) atoms. The van der Waals surface area contributed by atoms with Crippen molar-refractivity contribution in [1.29, 1.82) is 0 Å². The van der Waals surface area contributed by atoms with Crippen molar-refractivity contribution in [3.63, 3.8) is 0 Å². The third kappa shape index (κ3) is 3.63. The van der Waals surface area contributed by atoms with Gasteiger partial charge in [-0.25, -0.2) is 0 Å². The Balaban J connectivity index is 2.30. The Bertz CT molecular complexity index is 729. The van der Waals surface area contributed by atoms with Crippen LogP contribution in [0.1, 0.15) is 21.5 Å². The number of halogens is 1. The van der Waals surface area contributed by atoms with Gasteiger partial charge in [0.1, 0.15) is 6.61 Å². The summed E-state index contributed by atoms with van der Waals surface area (Å²) >= 11 is 6.03. The highest BCUT2D eigenvalue weighted by Gasteiger charge is 2.12. The lowest BCUT2D eigenvalue weighted by molar-refractivity contribution is 0.102. The van der Waals surface area contributed by atoms with Crippen molar-refractivity contribution in [2.45, 2.75) is 6.92 Å². The van der Waals surface area contributed by atoms with Gasteiger partial charge < -0.3 is 10.4 Å². The summed E-state index contributed by atoms with van der Waals surface area (Å²) < 4.78 is 0. The molecule has 2 N–H and O–H groups in total. The van der Waals surface area contributed by atoms with Gasteiger partial charge in [-0.2, -0.15) is 0 Å². The van der Waals surface area contributed by atoms with Crippen LogP contribution >= 0.6 is 11.6 Å². The molecule has 2 aromatic rings. The second-order valence-electron chi connectivity index (χ2n) is 4.37. The Labute approximate surface area is 128 Å². The molecule has 0 heterocycles. The first kappa shape index (κ1) is 15.1. The number of rotatable bonds is 2. The Hall–Kier alpha value is -2.28. The van der Waals surface area contributed by atoms with Gasteiger partial charge in [-0.3, -0.25) is 4.79 Å². The fraction of sp³-hybridized carbons (Fsp3) is 0.118. The van der Waals surface area contributed by atoms with E-state index in [0.717, 1.165) is 11.1 Å². The molecular formula is C17H14ClNO2. The standard InChI is InChI=1S/C17H14ClNO2/c1-12-13(7-5-11-20)6-4-8-14(12)17(21)19-16-10-3-2-9-15(16)18/h2-4,6,8-10,20H,11H2,1H3,(H,19,21). The summed E-state index contributed by atoms with van der Waals surface area (Å²) in [7, 11) is 0.